The van der Waals surface area contributed by atoms with Crippen LogP contribution in [0.2, 0.25) is 0 Å². The molecule has 0 unspecified atom stereocenters. The lowest BCUT2D eigenvalue weighted by atomic mass is 10.1. The zero-order valence-corrected chi connectivity index (χ0v) is 13.5. The number of carbonyl (C=O) groups excluding carboxylic acids is 1. The first-order chi connectivity index (χ1) is 12.2. The molecule has 0 spiro atoms. The molecule has 25 heavy (non-hydrogen) atoms. The SMILES string of the molecule is CCc1nc(-c2ccc(C(=O)Nc3ccc4c(c3)OCO4)cc2)no1. The van der Waals surface area contributed by atoms with Crippen LogP contribution in [0, 0.1) is 0 Å². The van der Waals surface area contributed by atoms with Gasteiger partial charge in [0, 0.05) is 29.3 Å². The van der Waals surface area contributed by atoms with E-state index in [1.807, 2.05) is 6.92 Å². The van der Waals surface area contributed by atoms with Gasteiger partial charge in [-0.25, -0.2) is 0 Å². The molecule has 7 nitrogen and oxygen atoms in total. The molecule has 2 aromatic carbocycles. The maximum atomic E-state index is 12.4. The minimum atomic E-state index is -0.215. The van der Waals surface area contributed by atoms with Crippen LogP contribution >= 0.6 is 0 Å². The van der Waals surface area contributed by atoms with Crippen LogP contribution in [0.25, 0.3) is 11.4 Å². The van der Waals surface area contributed by atoms with Crippen molar-refractivity contribution in [2.45, 2.75) is 13.3 Å². The smallest absolute Gasteiger partial charge is 0.255 e. The van der Waals surface area contributed by atoms with Gasteiger partial charge in [0.15, 0.2) is 11.5 Å². The molecule has 0 atom stereocenters. The van der Waals surface area contributed by atoms with Gasteiger partial charge in [-0.2, -0.15) is 4.98 Å². The Morgan fingerprint density at radius 1 is 1.12 bits per heavy atom. The van der Waals surface area contributed by atoms with Crippen LogP contribution in [0.4, 0.5) is 5.69 Å². The summed E-state index contributed by atoms with van der Waals surface area (Å²) in [7, 11) is 0. The summed E-state index contributed by atoms with van der Waals surface area (Å²) >= 11 is 0. The number of nitrogens with zero attached hydrogens (tertiary/aromatic N) is 2. The summed E-state index contributed by atoms with van der Waals surface area (Å²) in [6.07, 6.45) is 0.684. The molecule has 2 heterocycles. The van der Waals surface area contributed by atoms with Crippen LogP contribution < -0.4 is 14.8 Å². The van der Waals surface area contributed by atoms with Crippen LogP contribution in [0.15, 0.2) is 47.0 Å². The predicted molar refractivity (Wildman–Crippen MR) is 89.6 cm³/mol. The van der Waals surface area contributed by atoms with Crippen molar-refractivity contribution in [3.63, 3.8) is 0 Å². The Bertz CT molecular complexity index is 918. The number of carbonyl (C=O) groups is 1. The molecule has 1 aliphatic heterocycles. The number of aryl methyl sites for hydroxylation is 1. The summed E-state index contributed by atoms with van der Waals surface area (Å²) in [6, 6.07) is 12.3. The summed E-state index contributed by atoms with van der Waals surface area (Å²) in [4.78, 5) is 16.6. The second-order valence-electron chi connectivity index (χ2n) is 5.46. The van der Waals surface area contributed by atoms with Gasteiger partial charge >= 0.3 is 0 Å². The van der Waals surface area contributed by atoms with Crippen molar-refractivity contribution in [1.29, 1.82) is 0 Å². The third-order valence-corrected chi connectivity index (χ3v) is 3.81. The van der Waals surface area contributed by atoms with Crippen molar-refractivity contribution in [2.24, 2.45) is 0 Å². The van der Waals surface area contributed by atoms with E-state index in [0.717, 1.165) is 5.56 Å². The molecule has 0 radical (unpaired) electrons. The highest BCUT2D eigenvalue weighted by Gasteiger charge is 2.15. The highest BCUT2D eigenvalue weighted by molar-refractivity contribution is 6.04. The van der Waals surface area contributed by atoms with Crippen molar-refractivity contribution < 1.29 is 18.8 Å². The molecule has 0 saturated carbocycles. The summed E-state index contributed by atoms with van der Waals surface area (Å²) in [6.45, 7) is 2.14. The number of anilines is 1. The zero-order chi connectivity index (χ0) is 17.2. The zero-order valence-electron chi connectivity index (χ0n) is 13.5. The minimum absolute atomic E-state index is 0.198. The van der Waals surface area contributed by atoms with E-state index < -0.39 is 0 Å². The fourth-order valence-electron chi connectivity index (χ4n) is 2.46. The number of amides is 1. The van der Waals surface area contributed by atoms with Crippen molar-refractivity contribution in [3.8, 4) is 22.9 Å². The van der Waals surface area contributed by atoms with Gasteiger partial charge in [0.1, 0.15) is 0 Å². The van der Waals surface area contributed by atoms with Crippen LogP contribution in [-0.4, -0.2) is 22.8 Å². The number of rotatable bonds is 4. The molecule has 0 aliphatic carbocycles. The van der Waals surface area contributed by atoms with E-state index in [4.69, 9.17) is 14.0 Å². The summed E-state index contributed by atoms with van der Waals surface area (Å²) < 4.78 is 15.7. The van der Waals surface area contributed by atoms with Crippen LogP contribution in [0.3, 0.4) is 0 Å². The number of aromatic nitrogens is 2. The first kappa shape index (κ1) is 15.2. The molecule has 0 fully saturated rings. The maximum Gasteiger partial charge on any atom is 0.255 e. The summed E-state index contributed by atoms with van der Waals surface area (Å²) in [5, 5.41) is 6.76. The predicted octanol–water partition coefficient (Wildman–Crippen LogP) is 3.28. The van der Waals surface area contributed by atoms with Crippen LogP contribution in [0.5, 0.6) is 11.5 Å². The van der Waals surface area contributed by atoms with Gasteiger partial charge in [-0.1, -0.05) is 24.2 Å². The van der Waals surface area contributed by atoms with E-state index in [0.29, 0.717) is 40.9 Å². The largest absolute Gasteiger partial charge is 0.454 e. The quantitative estimate of drug-likeness (QED) is 0.786. The van der Waals surface area contributed by atoms with E-state index in [9.17, 15) is 4.79 Å². The van der Waals surface area contributed by atoms with E-state index in [1.54, 1.807) is 42.5 Å². The fraction of sp³-hybridized carbons (Fsp3) is 0.167. The Kier molecular flexibility index (Phi) is 3.81. The molecular formula is C18H15N3O4. The second kappa shape index (κ2) is 6.27. The van der Waals surface area contributed by atoms with E-state index >= 15 is 0 Å². The van der Waals surface area contributed by atoms with Crippen LogP contribution in [-0.2, 0) is 6.42 Å². The Morgan fingerprint density at radius 2 is 1.92 bits per heavy atom. The Morgan fingerprint density at radius 3 is 2.68 bits per heavy atom. The highest BCUT2D eigenvalue weighted by Crippen LogP contribution is 2.34. The van der Waals surface area contributed by atoms with E-state index in [-0.39, 0.29) is 12.7 Å². The van der Waals surface area contributed by atoms with Gasteiger partial charge in [0.05, 0.1) is 0 Å². The lowest BCUT2D eigenvalue weighted by molar-refractivity contribution is 0.102. The Hall–Kier alpha value is -3.35. The number of nitrogens with one attached hydrogen (secondary N) is 1. The van der Waals surface area contributed by atoms with Crippen molar-refractivity contribution in [3.05, 3.63) is 53.9 Å². The van der Waals surface area contributed by atoms with E-state index in [1.165, 1.54) is 0 Å². The topological polar surface area (TPSA) is 86.5 Å². The lowest BCUT2D eigenvalue weighted by Gasteiger charge is -2.06. The molecule has 7 heteroatoms. The molecule has 1 aromatic heterocycles. The van der Waals surface area contributed by atoms with Crippen molar-refractivity contribution in [1.82, 2.24) is 10.1 Å². The third-order valence-electron chi connectivity index (χ3n) is 3.81. The molecule has 0 saturated heterocycles. The summed E-state index contributed by atoms with van der Waals surface area (Å²) in [5.41, 5.74) is 1.97. The van der Waals surface area contributed by atoms with Gasteiger partial charge in [-0.15, -0.1) is 0 Å². The number of hydrogen-bond donors (Lipinski definition) is 1. The highest BCUT2D eigenvalue weighted by atomic mass is 16.7. The van der Waals surface area contributed by atoms with Gasteiger partial charge in [-0.3, -0.25) is 4.79 Å². The molecule has 126 valence electrons. The molecule has 0 bridgehead atoms. The van der Waals surface area contributed by atoms with Gasteiger partial charge in [0.25, 0.3) is 5.91 Å². The van der Waals surface area contributed by atoms with Gasteiger partial charge < -0.3 is 19.3 Å². The molecular weight excluding hydrogens is 322 g/mol. The Labute approximate surface area is 143 Å². The lowest BCUT2D eigenvalue weighted by Crippen LogP contribution is -2.11. The monoisotopic (exact) mass is 337 g/mol. The minimum Gasteiger partial charge on any atom is -0.454 e. The molecule has 3 aromatic rings. The molecule has 1 amide bonds. The number of hydrogen-bond acceptors (Lipinski definition) is 6. The van der Waals surface area contributed by atoms with Gasteiger partial charge in [-0.05, 0) is 24.3 Å². The normalized spacial score (nSPS) is 12.2. The Balaban J connectivity index is 1.48. The average molecular weight is 337 g/mol. The first-order valence-electron chi connectivity index (χ1n) is 7.87. The maximum absolute atomic E-state index is 12.4. The number of benzene rings is 2. The third kappa shape index (κ3) is 3.03. The van der Waals surface area contributed by atoms with Crippen LogP contribution in [0.1, 0.15) is 23.2 Å². The van der Waals surface area contributed by atoms with E-state index in [2.05, 4.69) is 15.5 Å². The number of fused-ring (bicyclic) bond motifs is 1. The second-order valence-corrected chi connectivity index (χ2v) is 5.46. The first-order valence-corrected chi connectivity index (χ1v) is 7.87. The molecule has 1 aliphatic rings. The fourth-order valence-corrected chi connectivity index (χ4v) is 2.46. The molecule has 4 rings (SSSR count). The van der Waals surface area contributed by atoms with Crippen molar-refractivity contribution in [2.75, 3.05) is 12.1 Å². The van der Waals surface area contributed by atoms with Gasteiger partial charge in [0.2, 0.25) is 18.5 Å². The standard InChI is InChI=1S/C18H15N3O4/c1-2-16-20-17(21-25-16)11-3-5-12(6-4-11)18(22)19-13-7-8-14-15(9-13)24-10-23-14/h3-9H,2,10H2,1H3,(H,19,22). The average Bonchev–Trinajstić information content (AvgIpc) is 3.30. The summed E-state index contributed by atoms with van der Waals surface area (Å²) in [5.74, 6) is 2.18. The van der Waals surface area contributed by atoms with Crippen molar-refractivity contribution >= 4 is 11.6 Å². The molecule has 1 N–H and O–H groups in total. The number of ether oxygens (including phenoxy) is 2.